The summed E-state index contributed by atoms with van der Waals surface area (Å²) < 4.78 is 5.42. The van der Waals surface area contributed by atoms with Crippen LogP contribution in [0.3, 0.4) is 0 Å². The van der Waals surface area contributed by atoms with E-state index in [9.17, 15) is 4.79 Å². The standard InChI is InChI=1S/C22H22ClNO2/c1-22(2,14-15-8-10-16(23)11-9-15)21(25)24-19-12-13-20(26-3)18-7-5-4-6-17(18)19/h4-13H,14H2,1-3H3,(H,24,25). The van der Waals surface area contributed by atoms with Gasteiger partial charge in [0.05, 0.1) is 7.11 Å². The van der Waals surface area contributed by atoms with E-state index in [-0.39, 0.29) is 5.91 Å². The van der Waals surface area contributed by atoms with Gasteiger partial charge < -0.3 is 10.1 Å². The fraction of sp³-hybridized carbons (Fsp3) is 0.227. The van der Waals surface area contributed by atoms with Crippen LogP contribution in [0, 0.1) is 5.41 Å². The summed E-state index contributed by atoms with van der Waals surface area (Å²) >= 11 is 5.94. The number of amides is 1. The van der Waals surface area contributed by atoms with Gasteiger partial charge in [0.2, 0.25) is 5.91 Å². The van der Waals surface area contributed by atoms with E-state index in [1.807, 2.05) is 74.5 Å². The Labute approximate surface area is 158 Å². The number of hydrogen-bond acceptors (Lipinski definition) is 2. The van der Waals surface area contributed by atoms with Crippen molar-refractivity contribution in [1.82, 2.24) is 0 Å². The molecule has 26 heavy (non-hydrogen) atoms. The van der Waals surface area contributed by atoms with Crippen LogP contribution in [0.15, 0.2) is 60.7 Å². The minimum atomic E-state index is -0.561. The molecule has 134 valence electrons. The van der Waals surface area contributed by atoms with Crippen molar-refractivity contribution in [3.63, 3.8) is 0 Å². The number of hydrogen-bond donors (Lipinski definition) is 1. The molecule has 0 aliphatic heterocycles. The molecule has 3 aromatic rings. The van der Waals surface area contributed by atoms with Gasteiger partial charge in [-0.1, -0.05) is 61.8 Å². The lowest BCUT2D eigenvalue weighted by atomic mass is 9.84. The highest BCUT2D eigenvalue weighted by atomic mass is 35.5. The molecular formula is C22H22ClNO2. The number of halogens is 1. The molecule has 3 nitrogen and oxygen atoms in total. The van der Waals surface area contributed by atoms with Gasteiger partial charge >= 0.3 is 0 Å². The first-order chi connectivity index (χ1) is 12.4. The summed E-state index contributed by atoms with van der Waals surface area (Å²) in [4.78, 5) is 12.9. The Bertz CT molecular complexity index is 933. The fourth-order valence-corrected chi connectivity index (χ4v) is 3.17. The van der Waals surface area contributed by atoms with Crippen molar-refractivity contribution >= 4 is 34.0 Å². The van der Waals surface area contributed by atoms with Gasteiger partial charge in [-0.05, 0) is 36.2 Å². The molecule has 0 atom stereocenters. The predicted molar refractivity (Wildman–Crippen MR) is 108 cm³/mol. The van der Waals surface area contributed by atoms with Gasteiger partial charge in [-0.3, -0.25) is 4.79 Å². The first-order valence-corrected chi connectivity index (χ1v) is 8.90. The summed E-state index contributed by atoms with van der Waals surface area (Å²) in [7, 11) is 1.65. The second-order valence-corrected chi connectivity index (χ2v) is 7.44. The van der Waals surface area contributed by atoms with Crippen molar-refractivity contribution in [2.75, 3.05) is 12.4 Å². The van der Waals surface area contributed by atoms with Crippen LogP contribution in [0.25, 0.3) is 10.8 Å². The lowest BCUT2D eigenvalue weighted by molar-refractivity contribution is -0.123. The molecule has 0 aliphatic rings. The first kappa shape index (κ1) is 18.3. The van der Waals surface area contributed by atoms with Crippen molar-refractivity contribution in [3.05, 3.63) is 71.2 Å². The quantitative estimate of drug-likeness (QED) is 0.627. The highest BCUT2D eigenvalue weighted by Gasteiger charge is 2.28. The molecule has 0 saturated heterocycles. The van der Waals surface area contributed by atoms with E-state index in [0.717, 1.165) is 27.8 Å². The molecule has 0 aliphatic carbocycles. The summed E-state index contributed by atoms with van der Waals surface area (Å²) in [5.74, 6) is 0.766. The lowest BCUT2D eigenvalue weighted by Crippen LogP contribution is -2.32. The fourth-order valence-electron chi connectivity index (χ4n) is 3.04. The Kier molecular flexibility index (Phi) is 5.19. The molecule has 1 amide bonds. The number of benzene rings is 3. The average molecular weight is 368 g/mol. The molecule has 3 aromatic carbocycles. The monoisotopic (exact) mass is 367 g/mol. The van der Waals surface area contributed by atoms with Gasteiger partial charge in [0.25, 0.3) is 0 Å². The predicted octanol–water partition coefficient (Wildman–Crippen LogP) is 5.71. The maximum Gasteiger partial charge on any atom is 0.230 e. The van der Waals surface area contributed by atoms with Crippen LogP contribution in [-0.2, 0) is 11.2 Å². The van der Waals surface area contributed by atoms with Gasteiger partial charge in [0, 0.05) is 26.9 Å². The third-order valence-corrected chi connectivity index (χ3v) is 4.78. The molecule has 3 rings (SSSR count). The number of carbonyl (C=O) groups is 1. The molecule has 0 bridgehead atoms. The molecule has 0 heterocycles. The Balaban J connectivity index is 1.85. The maximum atomic E-state index is 12.9. The number of anilines is 1. The van der Waals surface area contributed by atoms with Crippen LogP contribution in [0.4, 0.5) is 5.69 Å². The SMILES string of the molecule is COc1ccc(NC(=O)C(C)(C)Cc2ccc(Cl)cc2)c2ccccc12. The topological polar surface area (TPSA) is 38.3 Å². The number of nitrogens with one attached hydrogen (secondary N) is 1. The van der Waals surface area contributed by atoms with Crippen molar-refractivity contribution in [1.29, 1.82) is 0 Å². The van der Waals surface area contributed by atoms with Crippen LogP contribution in [-0.4, -0.2) is 13.0 Å². The summed E-state index contributed by atoms with van der Waals surface area (Å²) in [5.41, 5.74) is 1.30. The zero-order chi connectivity index (χ0) is 18.7. The van der Waals surface area contributed by atoms with E-state index in [4.69, 9.17) is 16.3 Å². The third-order valence-electron chi connectivity index (χ3n) is 4.53. The van der Waals surface area contributed by atoms with Gasteiger partial charge in [0.15, 0.2) is 0 Å². The summed E-state index contributed by atoms with van der Waals surface area (Å²) in [6.07, 6.45) is 0.629. The number of fused-ring (bicyclic) bond motifs is 1. The average Bonchev–Trinajstić information content (AvgIpc) is 2.63. The lowest BCUT2D eigenvalue weighted by Gasteiger charge is -2.24. The number of methoxy groups -OCH3 is 1. The normalized spacial score (nSPS) is 11.4. The molecule has 0 radical (unpaired) electrons. The van der Waals surface area contributed by atoms with Gasteiger partial charge in [0.1, 0.15) is 5.75 Å². The van der Waals surface area contributed by atoms with Crippen LogP contribution in [0.1, 0.15) is 19.4 Å². The summed E-state index contributed by atoms with van der Waals surface area (Å²) in [5, 5.41) is 5.72. The van der Waals surface area contributed by atoms with E-state index in [1.165, 1.54) is 0 Å². The third kappa shape index (κ3) is 3.83. The van der Waals surface area contributed by atoms with Crippen LogP contribution >= 0.6 is 11.6 Å². The first-order valence-electron chi connectivity index (χ1n) is 8.52. The van der Waals surface area contributed by atoms with Crippen molar-refractivity contribution < 1.29 is 9.53 Å². The second-order valence-electron chi connectivity index (χ2n) is 7.00. The zero-order valence-corrected chi connectivity index (χ0v) is 15.9. The highest BCUT2D eigenvalue weighted by Crippen LogP contribution is 2.33. The molecule has 1 N–H and O–H groups in total. The van der Waals surface area contributed by atoms with E-state index < -0.39 is 5.41 Å². The highest BCUT2D eigenvalue weighted by molar-refractivity contribution is 6.30. The molecular weight excluding hydrogens is 346 g/mol. The van der Waals surface area contributed by atoms with E-state index in [0.29, 0.717) is 11.4 Å². The Morgan fingerprint density at radius 3 is 2.31 bits per heavy atom. The minimum Gasteiger partial charge on any atom is -0.496 e. The molecule has 4 heteroatoms. The molecule has 0 fully saturated rings. The smallest absolute Gasteiger partial charge is 0.230 e. The molecule has 0 aromatic heterocycles. The maximum absolute atomic E-state index is 12.9. The van der Waals surface area contributed by atoms with Crippen LogP contribution in [0.5, 0.6) is 5.75 Å². The Morgan fingerprint density at radius 2 is 1.65 bits per heavy atom. The van der Waals surface area contributed by atoms with E-state index >= 15 is 0 Å². The van der Waals surface area contributed by atoms with Crippen molar-refractivity contribution in [2.45, 2.75) is 20.3 Å². The largest absolute Gasteiger partial charge is 0.496 e. The Hall–Kier alpha value is -2.52. The second kappa shape index (κ2) is 7.38. The summed E-state index contributed by atoms with van der Waals surface area (Å²) in [6.45, 7) is 3.89. The van der Waals surface area contributed by atoms with E-state index in [2.05, 4.69) is 5.32 Å². The van der Waals surface area contributed by atoms with Gasteiger partial charge in [-0.25, -0.2) is 0 Å². The minimum absolute atomic E-state index is 0.0252. The zero-order valence-electron chi connectivity index (χ0n) is 15.2. The Morgan fingerprint density at radius 1 is 1.00 bits per heavy atom. The van der Waals surface area contributed by atoms with Gasteiger partial charge in [-0.15, -0.1) is 0 Å². The van der Waals surface area contributed by atoms with E-state index in [1.54, 1.807) is 7.11 Å². The molecule has 0 spiro atoms. The molecule has 0 saturated carbocycles. The number of carbonyl (C=O) groups excluding carboxylic acids is 1. The summed E-state index contributed by atoms with van der Waals surface area (Å²) in [6, 6.07) is 19.3. The van der Waals surface area contributed by atoms with Crippen LogP contribution < -0.4 is 10.1 Å². The molecule has 0 unspecified atom stereocenters. The van der Waals surface area contributed by atoms with Crippen LogP contribution in [0.2, 0.25) is 5.02 Å². The van der Waals surface area contributed by atoms with Crippen molar-refractivity contribution in [3.8, 4) is 5.75 Å². The van der Waals surface area contributed by atoms with Gasteiger partial charge in [-0.2, -0.15) is 0 Å². The number of ether oxygens (including phenoxy) is 1. The number of rotatable bonds is 5. The van der Waals surface area contributed by atoms with Crippen molar-refractivity contribution in [2.24, 2.45) is 5.41 Å².